The summed E-state index contributed by atoms with van der Waals surface area (Å²) in [6, 6.07) is 0. The molecule has 0 heterocycles. The van der Waals surface area contributed by atoms with Crippen LogP contribution < -0.4 is 5.84 Å². The lowest BCUT2D eigenvalue weighted by Crippen LogP contribution is -2.50. The number of nitrogens with two attached hydrogens (primary N) is 1. The third-order valence-corrected chi connectivity index (χ3v) is 5.27. The maximum Gasteiger partial charge on any atom is 0.0162 e. The summed E-state index contributed by atoms with van der Waals surface area (Å²) in [7, 11) is 0. The Balaban J connectivity index is 1.69. The molecule has 0 aliphatic heterocycles. The number of hydrazine groups is 1. The van der Waals surface area contributed by atoms with E-state index >= 15 is 0 Å². The Kier molecular flexibility index (Phi) is 2.52. The standard InChI is InChI=1S/C13H24N2/c1-2-15(14)8-13-11-4-9-3-10(6-11)7-12(13)5-9/h9-13H,2-8,14H2,1H3. The quantitative estimate of drug-likeness (QED) is 0.569. The Labute approximate surface area is 93.2 Å². The first-order valence-electron chi connectivity index (χ1n) is 6.76. The summed E-state index contributed by atoms with van der Waals surface area (Å²) in [5.74, 6) is 11.2. The largest absolute Gasteiger partial charge is 0.269 e. The van der Waals surface area contributed by atoms with Crippen molar-refractivity contribution >= 4 is 0 Å². The van der Waals surface area contributed by atoms with Gasteiger partial charge in [0.2, 0.25) is 0 Å². The van der Waals surface area contributed by atoms with Gasteiger partial charge < -0.3 is 0 Å². The first-order chi connectivity index (χ1) is 7.26. The highest BCUT2D eigenvalue weighted by Gasteiger charge is 2.48. The van der Waals surface area contributed by atoms with E-state index in [1.165, 1.54) is 25.7 Å². The van der Waals surface area contributed by atoms with Crippen molar-refractivity contribution in [3.05, 3.63) is 0 Å². The fraction of sp³-hybridized carbons (Fsp3) is 1.00. The minimum absolute atomic E-state index is 0.933. The molecule has 0 aromatic rings. The van der Waals surface area contributed by atoms with Crippen molar-refractivity contribution < 1.29 is 0 Å². The van der Waals surface area contributed by atoms with Gasteiger partial charge in [-0.2, -0.15) is 0 Å². The van der Waals surface area contributed by atoms with E-state index in [0.29, 0.717) is 0 Å². The molecule has 2 N–H and O–H groups in total. The predicted molar refractivity (Wildman–Crippen MR) is 62.0 cm³/mol. The SMILES string of the molecule is CCN(N)CC1C2CC3CC(C2)CC1C3. The number of hydrogen-bond donors (Lipinski definition) is 1. The smallest absolute Gasteiger partial charge is 0.0162 e. The first-order valence-corrected chi connectivity index (χ1v) is 6.76. The van der Waals surface area contributed by atoms with Gasteiger partial charge in [0.1, 0.15) is 0 Å². The minimum Gasteiger partial charge on any atom is -0.269 e. The lowest BCUT2D eigenvalue weighted by molar-refractivity contribution is -0.0487. The molecule has 4 aliphatic rings. The van der Waals surface area contributed by atoms with E-state index in [0.717, 1.165) is 42.7 Å². The molecule has 2 nitrogen and oxygen atoms in total. The Morgan fingerprint density at radius 1 is 1.00 bits per heavy atom. The molecule has 4 fully saturated rings. The van der Waals surface area contributed by atoms with Gasteiger partial charge >= 0.3 is 0 Å². The van der Waals surface area contributed by atoms with Crippen LogP contribution in [-0.4, -0.2) is 18.1 Å². The summed E-state index contributed by atoms with van der Waals surface area (Å²) in [4.78, 5) is 0. The Morgan fingerprint density at radius 3 is 2.00 bits per heavy atom. The number of hydrogen-bond acceptors (Lipinski definition) is 2. The van der Waals surface area contributed by atoms with Gasteiger partial charge in [-0.3, -0.25) is 5.84 Å². The van der Waals surface area contributed by atoms with E-state index in [9.17, 15) is 0 Å². The lowest BCUT2D eigenvalue weighted by Gasteiger charge is -2.55. The average molecular weight is 208 g/mol. The molecule has 0 aromatic carbocycles. The van der Waals surface area contributed by atoms with Crippen LogP contribution in [-0.2, 0) is 0 Å². The highest BCUT2D eigenvalue weighted by molar-refractivity contribution is 4.98. The molecule has 0 amide bonds. The summed E-state index contributed by atoms with van der Waals surface area (Å²) in [5.41, 5.74) is 0. The summed E-state index contributed by atoms with van der Waals surface area (Å²) in [5, 5.41) is 2.03. The molecule has 0 atom stereocenters. The maximum atomic E-state index is 5.99. The molecule has 4 saturated carbocycles. The van der Waals surface area contributed by atoms with Crippen LogP contribution in [0, 0.1) is 29.6 Å². The average Bonchev–Trinajstić information content (AvgIpc) is 2.22. The van der Waals surface area contributed by atoms with Gasteiger partial charge in [-0.1, -0.05) is 6.92 Å². The second-order valence-electron chi connectivity index (χ2n) is 6.18. The van der Waals surface area contributed by atoms with Gasteiger partial charge in [0.15, 0.2) is 0 Å². The maximum absolute atomic E-state index is 5.99. The third-order valence-electron chi connectivity index (χ3n) is 5.27. The third kappa shape index (κ3) is 1.72. The van der Waals surface area contributed by atoms with Crippen molar-refractivity contribution in [3.8, 4) is 0 Å². The van der Waals surface area contributed by atoms with Crippen LogP contribution in [0.15, 0.2) is 0 Å². The highest BCUT2D eigenvalue weighted by atomic mass is 15.4. The zero-order chi connectivity index (χ0) is 10.4. The molecule has 4 aliphatic carbocycles. The van der Waals surface area contributed by atoms with Crippen molar-refractivity contribution in [3.63, 3.8) is 0 Å². The van der Waals surface area contributed by atoms with Crippen LogP contribution in [0.1, 0.15) is 39.0 Å². The Bertz CT molecular complexity index is 211. The van der Waals surface area contributed by atoms with Crippen molar-refractivity contribution in [2.75, 3.05) is 13.1 Å². The molecule has 0 aromatic heterocycles. The molecule has 0 radical (unpaired) electrons. The van der Waals surface area contributed by atoms with Gasteiger partial charge in [0, 0.05) is 13.1 Å². The second-order valence-corrected chi connectivity index (χ2v) is 6.18. The van der Waals surface area contributed by atoms with E-state index in [1.54, 1.807) is 6.42 Å². The van der Waals surface area contributed by atoms with E-state index in [1.807, 2.05) is 5.01 Å². The van der Waals surface area contributed by atoms with Crippen LogP contribution in [0.4, 0.5) is 0 Å². The molecule has 2 heteroatoms. The van der Waals surface area contributed by atoms with Crippen LogP contribution in [0.2, 0.25) is 0 Å². The molecule has 4 bridgehead atoms. The van der Waals surface area contributed by atoms with Crippen LogP contribution in [0.3, 0.4) is 0 Å². The van der Waals surface area contributed by atoms with Gasteiger partial charge in [-0.25, -0.2) is 5.01 Å². The van der Waals surface area contributed by atoms with Crippen LogP contribution in [0.25, 0.3) is 0 Å². The van der Waals surface area contributed by atoms with E-state index in [2.05, 4.69) is 6.92 Å². The highest BCUT2D eigenvalue weighted by Crippen LogP contribution is 2.56. The molecule has 0 saturated heterocycles. The second kappa shape index (κ2) is 3.74. The fourth-order valence-electron chi connectivity index (χ4n) is 4.74. The summed E-state index contributed by atoms with van der Waals surface area (Å²) < 4.78 is 0. The molecule has 4 rings (SSSR count). The lowest BCUT2D eigenvalue weighted by atomic mass is 9.52. The number of nitrogens with zero attached hydrogens (tertiary/aromatic N) is 1. The number of rotatable bonds is 3. The Morgan fingerprint density at radius 2 is 1.53 bits per heavy atom. The minimum atomic E-state index is 0.933. The Hall–Kier alpha value is -0.0800. The summed E-state index contributed by atoms with van der Waals surface area (Å²) in [6.45, 7) is 4.32. The molecule has 86 valence electrons. The molecular formula is C13H24N2. The van der Waals surface area contributed by atoms with Crippen LogP contribution in [0.5, 0.6) is 0 Å². The topological polar surface area (TPSA) is 29.3 Å². The zero-order valence-electron chi connectivity index (χ0n) is 9.86. The normalized spacial score (nSPS) is 47.8. The van der Waals surface area contributed by atoms with E-state index < -0.39 is 0 Å². The predicted octanol–water partition coefficient (Wildman–Crippen LogP) is 2.25. The van der Waals surface area contributed by atoms with Crippen molar-refractivity contribution in [2.45, 2.75) is 39.0 Å². The summed E-state index contributed by atoms with van der Waals surface area (Å²) in [6.07, 6.45) is 7.65. The van der Waals surface area contributed by atoms with Gasteiger partial charge in [-0.15, -0.1) is 0 Å². The monoisotopic (exact) mass is 208 g/mol. The van der Waals surface area contributed by atoms with Crippen molar-refractivity contribution in [2.24, 2.45) is 35.4 Å². The van der Waals surface area contributed by atoms with E-state index in [4.69, 9.17) is 5.84 Å². The summed E-state index contributed by atoms with van der Waals surface area (Å²) >= 11 is 0. The first kappa shape index (κ1) is 10.1. The molecule has 0 unspecified atom stereocenters. The van der Waals surface area contributed by atoms with Gasteiger partial charge in [-0.05, 0) is 61.7 Å². The van der Waals surface area contributed by atoms with Crippen LogP contribution >= 0.6 is 0 Å². The van der Waals surface area contributed by atoms with Gasteiger partial charge in [0.25, 0.3) is 0 Å². The molecule has 0 spiro atoms. The van der Waals surface area contributed by atoms with E-state index in [-0.39, 0.29) is 0 Å². The molecule has 15 heavy (non-hydrogen) atoms. The molecular weight excluding hydrogens is 184 g/mol. The fourth-order valence-corrected chi connectivity index (χ4v) is 4.74. The zero-order valence-corrected chi connectivity index (χ0v) is 9.86. The van der Waals surface area contributed by atoms with Gasteiger partial charge in [0.05, 0.1) is 0 Å². The van der Waals surface area contributed by atoms with Crippen molar-refractivity contribution in [1.29, 1.82) is 0 Å². The van der Waals surface area contributed by atoms with Crippen molar-refractivity contribution in [1.82, 2.24) is 5.01 Å².